The van der Waals surface area contributed by atoms with Crippen molar-refractivity contribution in [1.82, 2.24) is 12.7 Å². The molecule has 1 aromatic heterocycles. The Morgan fingerprint density at radius 2 is 1.47 bits per heavy atom. The average molecular weight is 256 g/mol. The zero-order chi connectivity index (χ0) is 11.6. The van der Waals surface area contributed by atoms with E-state index in [1.54, 1.807) is 0 Å². The highest BCUT2D eigenvalue weighted by Crippen LogP contribution is 1.82. The molecule has 0 fully saturated rings. The average Bonchev–Trinajstić information content (AvgIpc) is 2.24. The van der Waals surface area contributed by atoms with Gasteiger partial charge in [-0.05, 0) is 6.42 Å². The van der Waals surface area contributed by atoms with Crippen molar-refractivity contribution in [2.45, 2.75) is 13.0 Å². The lowest BCUT2D eigenvalue weighted by Crippen LogP contribution is -2.50. The standard InChI is InChI=1S/C6H7Cl2N3O4/c7-10-4(13)9(2-1-3-12)5(14)11(8)6(10)15/h12H,1-3H2. The van der Waals surface area contributed by atoms with Gasteiger partial charge in [0.25, 0.3) is 0 Å². The normalized spacial score (nSPS) is 10.6. The summed E-state index contributed by atoms with van der Waals surface area (Å²) in [5.41, 5.74) is -3.07. The van der Waals surface area contributed by atoms with Crippen molar-refractivity contribution in [3.63, 3.8) is 0 Å². The van der Waals surface area contributed by atoms with Crippen molar-refractivity contribution in [3.05, 3.63) is 31.5 Å². The zero-order valence-electron chi connectivity index (χ0n) is 7.39. The Kier molecular flexibility index (Phi) is 3.72. The van der Waals surface area contributed by atoms with Crippen molar-refractivity contribution < 1.29 is 5.11 Å². The van der Waals surface area contributed by atoms with Crippen LogP contribution >= 0.6 is 23.6 Å². The number of halogens is 2. The van der Waals surface area contributed by atoms with Crippen molar-refractivity contribution in [2.75, 3.05) is 6.61 Å². The molecule has 0 spiro atoms. The molecular formula is C6H7Cl2N3O4. The molecule has 0 atom stereocenters. The van der Waals surface area contributed by atoms with Crippen LogP contribution in [0.15, 0.2) is 14.4 Å². The van der Waals surface area contributed by atoms with Crippen LogP contribution in [0, 0.1) is 0 Å². The predicted octanol–water partition coefficient (Wildman–Crippen LogP) is -1.44. The van der Waals surface area contributed by atoms with Crippen molar-refractivity contribution in [1.29, 1.82) is 0 Å². The summed E-state index contributed by atoms with van der Waals surface area (Å²) in [5, 5.41) is 8.54. The monoisotopic (exact) mass is 255 g/mol. The van der Waals surface area contributed by atoms with Gasteiger partial charge in [-0.15, -0.1) is 8.17 Å². The van der Waals surface area contributed by atoms with Gasteiger partial charge in [-0.3, -0.25) is 0 Å². The predicted molar refractivity (Wildman–Crippen MR) is 53.4 cm³/mol. The molecule has 0 aliphatic carbocycles. The first-order valence-corrected chi connectivity index (χ1v) is 4.60. The van der Waals surface area contributed by atoms with E-state index in [2.05, 4.69) is 0 Å². The molecular weight excluding hydrogens is 249 g/mol. The smallest absolute Gasteiger partial charge is 0.366 e. The summed E-state index contributed by atoms with van der Waals surface area (Å²) in [6.45, 7) is -0.260. The van der Waals surface area contributed by atoms with E-state index in [0.29, 0.717) is 4.57 Å². The second kappa shape index (κ2) is 4.65. The second-order valence-electron chi connectivity index (χ2n) is 2.64. The molecule has 0 amide bonds. The van der Waals surface area contributed by atoms with Gasteiger partial charge in [-0.2, -0.15) is 0 Å². The van der Waals surface area contributed by atoms with Crippen LogP contribution in [0.2, 0.25) is 0 Å². The number of aromatic nitrogens is 3. The maximum atomic E-state index is 11.3. The summed E-state index contributed by atoms with van der Waals surface area (Å²) >= 11 is 10.6. The van der Waals surface area contributed by atoms with Crippen LogP contribution in [-0.2, 0) is 6.54 Å². The highest BCUT2D eigenvalue weighted by atomic mass is 35.5. The van der Waals surface area contributed by atoms with Crippen molar-refractivity contribution in [3.8, 4) is 0 Å². The molecule has 1 rings (SSSR count). The minimum atomic E-state index is -1.12. The number of hydrogen-bond acceptors (Lipinski definition) is 4. The van der Waals surface area contributed by atoms with Crippen LogP contribution in [0.25, 0.3) is 0 Å². The second-order valence-corrected chi connectivity index (χ2v) is 3.31. The molecule has 0 aromatic carbocycles. The first-order valence-electron chi connectivity index (χ1n) is 3.92. The molecule has 84 valence electrons. The van der Waals surface area contributed by atoms with Gasteiger partial charge < -0.3 is 5.11 Å². The number of nitrogens with zero attached hydrogens (tertiary/aromatic N) is 3. The number of hydrogen-bond donors (Lipinski definition) is 1. The lowest BCUT2D eigenvalue weighted by atomic mass is 10.4. The first kappa shape index (κ1) is 12.0. The van der Waals surface area contributed by atoms with Gasteiger partial charge in [-0.1, -0.05) is 0 Å². The Balaban J connectivity index is 3.47. The van der Waals surface area contributed by atoms with E-state index in [0.717, 1.165) is 0 Å². The Labute approximate surface area is 92.9 Å². The van der Waals surface area contributed by atoms with Crippen LogP contribution in [0.4, 0.5) is 0 Å². The zero-order valence-corrected chi connectivity index (χ0v) is 8.90. The number of aliphatic hydroxyl groups is 1. The Hall–Kier alpha value is -1.05. The summed E-state index contributed by atoms with van der Waals surface area (Å²) in [7, 11) is 0. The molecule has 1 N–H and O–H groups in total. The van der Waals surface area contributed by atoms with E-state index < -0.39 is 17.1 Å². The summed E-state index contributed by atoms with van der Waals surface area (Å²) in [4.78, 5) is 33.7. The number of rotatable bonds is 3. The van der Waals surface area contributed by atoms with E-state index in [4.69, 9.17) is 28.7 Å². The summed E-state index contributed by atoms with van der Waals surface area (Å²) < 4.78 is 1.06. The molecule has 15 heavy (non-hydrogen) atoms. The highest BCUT2D eigenvalue weighted by Gasteiger charge is 2.12. The molecule has 0 bridgehead atoms. The van der Waals surface area contributed by atoms with Crippen LogP contribution in [0.3, 0.4) is 0 Å². The molecule has 0 saturated carbocycles. The van der Waals surface area contributed by atoms with E-state index in [1.807, 2.05) is 0 Å². The van der Waals surface area contributed by atoms with Gasteiger partial charge in [0.15, 0.2) is 0 Å². The molecule has 0 radical (unpaired) electrons. The fourth-order valence-corrected chi connectivity index (χ4v) is 1.33. The molecule has 1 heterocycles. The summed E-state index contributed by atoms with van der Waals surface area (Å²) in [6, 6.07) is 0. The highest BCUT2D eigenvalue weighted by molar-refractivity contribution is 6.17. The van der Waals surface area contributed by atoms with Gasteiger partial charge in [0, 0.05) is 36.7 Å². The fraction of sp³-hybridized carbons (Fsp3) is 0.500. The lowest BCUT2D eigenvalue weighted by molar-refractivity contribution is 0.277. The maximum absolute atomic E-state index is 11.3. The summed E-state index contributed by atoms with van der Waals surface area (Å²) in [5.74, 6) is 0. The third kappa shape index (κ3) is 2.14. The van der Waals surface area contributed by atoms with Gasteiger partial charge in [-0.25, -0.2) is 19.0 Å². The molecule has 0 aliphatic heterocycles. The van der Waals surface area contributed by atoms with E-state index in [-0.39, 0.29) is 27.7 Å². The maximum Gasteiger partial charge on any atom is 0.366 e. The topological polar surface area (TPSA) is 86.2 Å². The van der Waals surface area contributed by atoms with Crippen LogP contribution in [0.1, 0.15) is 6.42 Å². The van der Waals surface area contributed by atoms with E-state index in [1.165, 1.54) is 0 Å². The van der Waals surface area contributed by atoms with E-state index in [9.17, 15) is 14.4 Å². The molecule has 7 nitrogen and oxygen atoms in total. The molecule has 0 aliphatic rings. The Bertz CT molecular complexity index is 488. The van der Waals surface area contributed by atoms with Gasteiger partial charge in [0.1, 0.15) is 0 Å². The molecule has 9 heteroatoms. The van der Waals surface area contributed by atoms with Gasteiger partial charge in [0.05, 0.1) is 0 Å². The Morgan fingerprint density at radius 1 is 1.00 bits per heavy atom. The fourth-order valence-electron chi connectivity index (χ4n) is 0.955. The third-order valence-corrected chi connectivity index (χ3v) is 2.25. The minimum absolute atomic E-state index is 0.0616. The molecule has 1 aromatic rings. The largest absolute Gasteiger partial charge is 0.396 e. The third-order valence-electron chi connectivity index (χ3n) is 1.67. The molecule has 0 unspecified atom stereocenters. The summed E-state index contributed by atoms with van der Waals surface area (Å²) in [6.07, 6.45) is 0.182. The van der Waals surface area contributed by atoms with Gasteiger partial charge in [0.2, 0.25) is 0 Å². The van der Waals surface area contributed by atoms with Crippen LogP contribution in [0.5, 0.6) is 0 Å². The van der Waals surface area contributed by atoms with Crippen LogP contribution in [-0.4, -0.2) is 24.5 Å². The van der Waals surface area contributed by atoms with Crippen molar-refractivity contribution in [2.24, 2.45) is 0 Å². The van der Waals surface area contributed by atoms with Crippen molar-refractivity contribution >= 4 is 23.6 Å². The van der Waals surface area contributed by atoms with Crippen LogP contribution < -0.4 is 17.1 Å². The van der Waals surface area contributed by atoms with Gasteiger partial charge >= 0.3 is 17.1 Å². The lowest BCUT2D eigenvalue weighted by Gasteiger charge is -2.04. The minimum Gasteiger partial charge on any atom is -0.396 e. The molecule has 0 saturated heterocycles. The Morgan fingerprint density at radius 3 is 1.87 bits per heavy atom. The number of aliphatic hydroxyl groups excluding tert-OH is 1. The SMILES string of the molecule is O=c1n(Cl)c(=O)n(CCCO)c(=O)n1Cl. The first-order chi connectivity index (χ1) is 7.00. The quantitative estimate of drug-likeness (QED) is 0.717. The van der Waals surface area contributed by atoms with E-state index >= 15 is 0 Å².